The largest absolute Gasteiger partial charge is 0.412 e. The third kappa shape index (κ3) is 11.6. The van der Waals surface area contributed by atoms with Gasteiger partial charge in [-0.25, -0.2) is 0 Å². The summed E-state index contributed by atoms with van der Waals surface area (Å²) in [6.45, 7) is 4.58. The normalized spacial score (nSPS) is 12.1. The smallest absolute Gasteiger partial charge is 0.0890 e. The molecule has 0 aromatic rings. The van der Waals surface area contributed by atoms with E-state index in [1.165, 1.54) is 45.1 Å². The van der Waals surface area contributed by atoms with Crippen LogP contribution in [-0.2, 0) is 0 Å². The van der Waals surface area contributed by atoms with Crippen molar-refractivity contribution in [1.29, 1.82) is 0 Å². The van der Waals surface area contributed by atoms with Gasteiger partial charge in [0.05, 0.1) is 6.67 Å². The number of hydrogen-bond donors (Lipinski definition) is 0. The second kappa shape index (κ2) is 16.1. The molecule has 0 radical (unpaired) electrons. The summed E-state index contributed by atoms with van der Waals surface area (Å²) in [6, 6.07) is 0. The van der Waals surface area contributed by atoms with E-state index in [1.54, 1.807) is 0 Å². The number of rotatable bonds is 7. The third-order valence-electron chi connectivity index (χ3n) is 2.74. The van der Waals surface area contributed by atoms with E-state index in [1.807, 2.05) is 0 Å². The molecule has 18 heavy (non-hydrogen) atoms. The van der Waals surface area contributed by atoms with Crippen molar-refractivity contribution in [3.05, 3.63) is 12.4 Å². The molecule has 0 aliphatic carbocycles. The first-order chi connectivity index (χ1) is 6.83. The van der Waals surface area contributed by atoms with Gasteiger partial charge in [0.15, 0.2) is 0 Å². The van der Waals surface area contributed by atoms with Crippen LogP contribution < -0.4 is 0 Å². The Balaban J connectivity index is -0.000000245. The minimum absolute atomic E-state index is 0. The Bertz CT molecular complexity index is 183. The Hall–Kier alpha value is -0.850. The van der Waals surface area contributed by atoms with Gasteiger partial charge in [0.25, 0.3) is 0 Å². The van der Waals surface area contributed by atoms with Gasteiger partial charge in [-0.05, 0) is 6.42 Å². The number of unbranched alkanes of at least 4 members (excludes halogenated alkanes) is 5. The molecule has 0 saturated carbocycles. The number of halogens is 1. The highest BCUT2D eigenvalue weighted by molar-refractivity contribution is 4.88. The standard InChI is InChI=1S/C12H24N2.FH.3H2O/c1-3-4-5-6-7-8-9-14-11-10-13(2)12-14;;;;/h10-11H,3-9,12H2,1-2H3;1H;3*1H2. The number of hydrogen-bond acceptors (Lipinski definition) is 2. The lowest BCUT2D eigenvalue weighted by Gasteiger charge is -2.17. The molecule has 0 amide bonds. The summed E-state index contributed by atoms with van der Waals surface area (Å²) in [6.07, 6.45) is 12.7. The van der Waals surface area contributed by atoms with Gasteiger partial charge in [-0.15, -0.1) is 0 Å². The molecule has 6 N–H and O–H groups in total. The Kier molecular flexibility index (Phi) is 23.2. The van der Waals surface area contributed by atoms with E-state index in [4.69, 9.17) is 0 Å². The van der Waals surface area contributed by atoms with Gasteiger partial charge in [-0.2, -0.15) is 0 Å². The Labute approximate surface area is 110 Å². The van der Waals surface area contributed by atoms with Crippen LogP contribution in [0.2, 0.25) is 0 Å². The van der Waals surface area contributed by atoms with Gasteiger partial charge in [0.1, 0.15) is 0 Å². The lowest BCUT2D eigenvalue weighted by molar-refractivity contribution is 0.290. The molecule has 0 aromatic heterocycles. The Morgan fingerprint density at radius 2 is 1.44 bits per heavy atom. The maximum atomic E-state index is 2.39. The van der Waals surface area contributed by atoms with Crippen molar-refractivity contribution in [2.24, 2.45) is 0 Å². The van der Waals surface area contributed by atoms with Crippen LogP contribution in [0.25, 0.3) is 0 Å². The van der Waals surface area contributed by atoms with E-state index >= 15 is 0 Å². The quantitative estimate of drug-likeness (QED) is 0.636. The average Bonchev–Trinajstić information content (AvgIpc) is 2.58. The van der Waals surface area contributed by atoms with E-state index in [0.717, 1.165) is 6.67 Å². The minimum atomic E-state index is 0. The van der Waals surface area contributed by atoms with Crippen LogP contribution in [0.1, 0.15) is 45.4 Å². The van der Waals surface area contributed by atoms with Crippen LogP contribution in [0.5, 0.6) is 0 Å². The summed E-state index contributed by atoms with van der Waals surface area (Å²) >= 11 is 0. The first-order valence-corrected chi connectivity index (χ1v) is 5.95. The van der Waals surface area contributed by atoms with E-state index in [0.29, 0.717) is 0 Å². The van der Waals surface area contributed by atoms with Crippen molar-refractivity contribution in [2.75, 3.05) is 20.3 Å². The fraction of sp³-hybridized carbons (Fsp3) is 0.833. The van der Waals surface area contributed by atoms with Crippen LogP contribution in [0.15, 0.2) is 12.4 Å². The average molecular weight is 270 g/mol. The van der Waals surface area contributed by atoms with Gasteiger partial charge < -0.3 is 26.2 Å². The van der Waals surface area contributed by atoms with Crippen molar-refractivity contribution in [2.45, 2.75) is 45.4 Å². The maximum Gasteiger partial charge on any atom is 0.0890 e. The summed E-state index contributed by atoms with van der Waals surface area (Å²) in [7, 11) is 2.12. The van der Waals surface area contributed by atoms with E-state index in [9.17, 15) is 0 Å². The monoisotopic (exact) mass is 270 g/mol. The van der Waals surface area contributed by atoms with Crippen molar-refractivity contribution in [3.8, 4) is 0 Å². The molecule has 0 bridgehead atoms. The molecule has 114 valence electrons. The first kappa shape index (κ1) is 25.9. The van der Waals surface area contributed by atoms with Gasteiger partial charge in [0.2, 0.25) is 0 Å². The van der Waals surface area contributed by atoms with E-state index < -0.39 is 0 Å². The van der Waals surface area contributed by atoms with Crippen molar-refractivity contribution in [3.63, 3.8) is 0 Å². The molecule has 0 spiro atoms. The fourth-order valence-electron chi connectivity index (χ4n) is 1.83. The molecule has 0 fully saturated rings. The van der Waals surface area contributed by atoms with Gasteiger partial charge in [-0.1, -0.05) is 39.0 Å². The molecular formula is C12H31FN2O3. The second-order valence-corrected chi connectivity index (χ2v) is 4.28. The van der Waals surface area contributed by atoms with Gasteiger partial charge in [0, 0.05) is 26.0 Å². The third-order valence-corrected chi connectivity index (χ3v) is 2.74. The van der Waals surface area contributed by atoms with Crippen molar-refractivity contribution >= 4 is 0 Å². The molecule has 1 heterocycles. The lowest BCUT2D eigenvalue weighted by Crippen LogP contribution is -2.23. The molecule has 1 aliphatic heterocycles. The molecule has 1 rings (SSSR count). The summed E-state index contributed by atoms with van der Waals surface area (Å²) in [5.74, 6) is 0. The minimum Gasteiger partial charge on any atom is -0.412 e. The predicted octanol–water partition coefficient (Wildman–Crippen LogP) is 0.701. The molecular weight excluding hydrogens is 239 g/mol. The molecule has 0 aromatic carbocycles. The van der Waals surface area contributed by atoms with Crippen LogP contribution in [0.4, 0.5) is 4.70 Å². The zero-order chi connectivity index (χ0) is 10.2. The Morgan fingerprint density at radius 1 is 0.889 bits per heavy atom. The molecule has 0 saturated heterocycles. The summed E-state index contributed by atoms with van der Waals surface area (Å²) in [5, 5.41) is 0. The van der Waals surface area contributed by atoms with Gasteiger partial charge >= 0.3 is 0 Å². The molecule has 0 unspecified atom stereocenters. The molecule has 5 nitrogen and oxygen atoms in total. The highest BCUT2D eigenvalue weighted by Crippen LogP contribution is 2.08. The van der Waals surface area contributed by atoms with Crippen molar-refractivity contribution < 1.29 is 21.1 Å². The Morgan fingerprint density at radius 3 is 1.94 bits per heavy atom. The molecule has 0 atom stereocenters. The summed E-state index contributed by atoms with van der Waals surface area (Å²) < 4.78 is 0. The predicted molar refractivity (Wildman–Crippen MR) is 75.2 cm³/mol. The zero-order valence-electron chi connectivity index (χ0n) is 11.6. The SMILES string of the molecule is CCCCCCCCN1C=CN(C)C1.F.O.O.O. The van der Waals surface area contributed by atoms with E-state index in [2.05, 4.69) is 36.2 Å². The van der Waals surface area contributed by atoms with Crippen LogP contribution >= 0.6 is 0 Å². The van der Waals surface area contributed by atoms with Crippen LogP contribution in [-0.4, -0.2) is 46.5 Å². The maximum absolute atomic E-state index is 2.39. The lowest BCUT2D eigenvalue weighted by atomic mass is 10.1. The highest BCUT2D eigenvalue weighted by Gasteiger charge is 2.06. The van der Waals surface area contributed by atoms with Crippen molar-refractivity contribution in [1.82, 2.24) is 9.80 Å². The van der Waals surface area contributed by atoms with Gasteiger partial charge in [-0.3, -0.25) is 4.70 Å². The molecule has 6 heteroatoms. The summed E-state index contributed by atoms with van der Waals surface area (Å²) in [4.78, 5) is 4.61. The first-order valence-electron chi connectivity index (χ1n) is 5.95. The fourth-order valence-corrected chi connectivity index (χ4v) is 1.83. The van der Waals surface area contributed by atoms with Crippen LogP contribution in [0, 0.1) is 0 Å². The van der Waals surface area contributed by atoms with E-state index in [-0.39, 0.29) is 21.1 Å². The number of nitrogens with zero attached hydrogens (tertiary/aromatic N) is 2. The second-order valence-electron chi connectivity index (χ2n) is 4.28. The highest BCUT2D eigenvalue weighted by atomic mass is 19.0. The van der Waals surface area contributed by atoms with Crippen LogP contribution in [0.3, 0.4) is 0 Å². The topological polar surface area (TPSA) is 101 Å². The summed E-state index contributed by atoms with van der Waals surface area (Å²) in [5.41, 5.74) is 0. The zero-order valence-corrected chi connectivity index (χ0v) is 11.6. The molecule has 1 aliphatic rings.